The van der Waals surface area contributed by atoms with Crippen molar-refractivity contribution in [1.82, 2.24) is 9.97 Å². The topological polar surface area (TPSA) is 76.8 Å². The Morgan fingerprint density at radius 1 is 1.00 bits per heavy atom. The molecular weight excluding hydrogens is 378 g/mol. The van der Waals surface area contributed by atoms with Crippen LogP contribution in [0.3, 0.4) is 0 Å². The molecule has 1 aliphatic carbocycles. The van der Waals surface area contributed by atoms with Gasteiger partial charge in [-0.05, 0) is 35.4 Å². The molecule has 2 aromatic carbocycles. The molecule has 6 nitrogen and oxygen atoms in total. The predicted molar refractivity (Wildman–Crippen MR) is 112 cm³/mol. The Bertz CT molecular complexity index is 1320. The van der Waals surface area contributed by atoms with E-state index in [1.54, 1.807) is 12.3 Å². The zero-order valence-corrected chi connectivity index (χ0v) is 15.9. The number of aromatic nitrogens is 2. The standard InChI is InChI=1S/C24H17N3O3/c28-19-13-25-12-16-8-9-21(26-22(16)19)29-17-6-3-5-15(10-17)24-27-23-18-7-2-1-4-14(18)11-20(23)30-24/h1-10,12-13,20,23,28H,11H2/t20-,23+/m1/s1. The first kappa shape index (κ1) is 17.0. The van der Waals surface area contributed by atoms with Crippen LogP contribution in [0.25, 0.3) is 10.9 Å². The second kappa shape index (κ2) is 6.56. The average molecular weight is 395 g/mol. The van der Waals surface area contributed by atoms with Gasteiger partial charge in [0.05, 0.1) is 6.20 Å². The van der Waals surface area contributed by atoms with Gasteiger partial charge < -0.3 is 14.6 Å². The highest BCUT2D eigenvalue weighted by Gasteiger charge is 2.39. The second-order valence-corrected chi connectivity index (χ2v) is 7.45. The van der Waals surface area contributed by atoms with Crippen molar-refractivity contribution in [2.24, 2.45) is 4.99 Å². The molecule has 6 heteroatoms. The van der Waals surface area contributed by atoms with Crippen molar-refractivity contribution < 1.29 is 14.6 Å². The van der Waals surface area contributed by atoms with Gasteiger partial charge in [-0.1, -0.05) is 30.3 Å². The molecule has 0 bridgehead atoms. The van der Waals surface area contributed by atoms with Gasteiger partial charge in [0, 0.05) is 29.6 Å². The zero-order valence-electron chi connectivity index (χ0n) is 15.9. The van der Waals surface area contributed by atoms with Crippen molar-refractivity contribution in [3.05, 3.63) is 89.7 Å². The number of rotatable bonds is 3. The largest absolute Gasteiger partial charge is 0.504 e. The Hall–Kier alpha value is -3.93. The van der Waals surface area contributed by atoms with Gasteiger partial charge in [-0.25, -0.2) is 9.98 Å². The average Bonchev–Trinajstić information content (AvgIpc) is 3.33. The summed E-state index contributed by atoms with van der Waals surface area (Å²) in [4.78, 5) is 13.2. The van der Waals surface area contributed by atoms with Gasteiger partial charge in [0.25, 0.3) is 0 Å². The van der Waals surface area contributed by atoms with Crippen molar-refractivity contribution in [2.75, 3.05) is 0 Å². The highest BCUT2D eigenvalue weighted by atomic mass is 16.5. The van der Waals surface area contributed by atoms with E-state index in [4.69, 9.17) is 14.5 Å². The fourth-order valence-corrected chi connectivity index (χ4v) is 4.12. The predicted octanol–water partition coefficient (Wildman–Crippen LogP) is 4.57. The van der Waals surface area contributed by atoms with Gasteiger partial charge in [-0.2, -0.15) is 0 Å². The lowest BCUT2D eigenvalue weighted by Gasteiger charge is -2.10. The molecule has 0 saturated heterocycles. The van der Waals surface area contributed by atoms with Gasteiger partial charge in [-0.3, -0.25) is 4.98 Å². The van der Waals surface area contributed by atoms with E-state index in [-0.39, 0.29) is 17.9 Å². The molecule has 1 N–H and O–H groups in total. The number of pyridine rings is 2. The summed E-state index contributed by atoms with van der Waals surface area (Å²) in [5.41, 5.74) is 3.88. The summed E-state index contributed by atoms with van der Waals surface area (Å²) in [7, 11) is 0. The maximum atomic E-state index is 9.98. The minimum absolute atomic E-state index is 0.0206. The Labute approximate surface area is 172 Å². The monoisotopic (exact) mass is 395 g/mol. The minimum atomic E-state index is 0.0206. The van der Waals surface area contributed by atoms with E-state index in [1.165, 1.54) is 17.3 Å². The van der Waals surface area contributed by atoms with Crippen molar-refractivity contribution in [1.29, 1.82) is 0 Å². The molecule has 0 spiro atoms. The first-order valence-electron chi connectivity index (χ1n) is 9.79. The first-order valence-corrected chi connectivity index (χ1v) is 9.79. The van der Waals surface area contributed by atoms with Crippen molar-refractivity contribution in [3.8, 4) is 17.4 Å². The third-order valence-electron chi connectivity index (χ3n) is 5.52. The van der Waals surface area contributed by atoms with Gasteiger partial charge in [0.2, 0.25) is 11.8 Å². The summed E-state index contributed by atoms with van der Waals surface area (Å²) in [6, 6.07) is 19.6. The first-order chi connectivity index (χ1) is 14.7. The molecule has 2 aliphatic rings. The quantitative estimate of drug-likeness (QED) is 0.550. The molecular formula is C24H17N3O3. The van der Waals surface area contributed by atoms with E-state index in [1.807, 2.05) is 36.4 Å². The Morgan fingerprint density at radius 2 is 1.93 bits per heavy atom. The lowest BCUT2D eigenvalue weighted by molar-refractivity contribution is 0.206. The van der Waals surface area contributed by atoms with Gasteiger partial charge in [0.15, 0.2) is 5.75 Å². The molecule has 2 aromatic heterocycles. The van der Waals surface area contributed by atoms with Crippen LogP contribution in [0.2, 0.25) is 0 Å². The van der Waals surface area contributed by atoms with Crippen LogP contribution in [-0.4, -0.2) is 27.1 Å². The Balaban J connectivity index is 1.29. The molecule has 3 heterocycles. The summed E-state index contributed by atoms with van der Waals surface area (Å²) in [5.74, 6) is 1.67. The number of ether oxygens (including phenoxy) is 2. The van der Waals surface area contributed by atoms with Crippen molar-refractivity contribution >= 4 is 16.8 Å². The Morgan fingerprint density at radius 3 is 2.90 bits per heavy atom. The molecule has 146 valence electrons. The van der Waals surface area contributed by atoms with E-state index < -0.39 is 0 Å². The minimum Gasteiger partial charge on any atom is -0.504 e. The van der Waals surface area contributed by atoms with Crippen LogP contribution in [0.15, 0.2) is 78.0 Å². The third-order valence-corrected chi connectivity index (χ3v) is 5.52. The molecule has 0 amide bonds. The SMILES string of the molecule is Oc1cncc2ccc(Oc3cccc(C4=N[C@H]5c6ccccc6C[C@H]5O4)c3)nc12. The number of fused-ring (bicyclic) bond motifs is 4. The molecule has 6 rings (SSSR count). The molecule has 30 heavy (non-hydrogen) atoms. The number of aliphatic imine (C=N–C) groups is 1. The summed E-state index contributed by atoms with van der Waals surface area (Å²) < 4.78 is 12.1. The van der Waals surface area contributed by atoms with E-state index in [2.05, 4.69) is 28.2 Å². The molecule has 0 saturated carbocycles. The molecule has 2 atom stereocenters. The summed E-state index contributed by atoms with van der Waals surface area (Å²) in [5, 5.41) is 10.7. The van der Waals surface area contributed by atoms with E-state index in [0.717, 1.165) is 17.4 Å². The normalized spacial score (nSPS) is 19.1. The number of hydrogen-bond acceptors (Lipinski definition) is 6. The smallest absolute Gasteiger partial charge is 0.219 e. The summed E-state index contributed by atoms with van der Waals surface area (Å²) in [6.07, 6.45) is 3.95. The molecule has 4 aromatic rings. The molecule has 0 radical (unpaired) electrons. The second-order valence-electron chi connectivity index (χ2n) is 7.45. The van der Waals surface area contributed by atoms with Gasteiger partial charge in [0.1, 0.15) is 23.4 Å². The number of nitrogens with zero attached hydrogens (tertiary/aromatic N) is 3. The van der Waals surface area contributed by atoms with E-state index >= 15 is 0 Å². The Kier molecular flexibility index (Phi) is 3.71. The fourth-order valence-electron chi connectivity index (χ4n) is 4.12. The van der Waals surface area contributed by atoms with Crippen molar-refractivity contribution in [3.63, 3.8) is 0 Å². The number of aromatic hydroxyl groups is 1. The summed E-state index contributed by atoms with van der Waals surface area (Å²) in [6.45, 7) is 0. The highest BCUT2D eigenvalue weighted by molar-refractivity contribution is 5.96. The lowest BCUT2D eigenvalue weighted by atomic mass is 10.1. The van der Waals surface area contributed by atoms with Crippen LogP contribution in [0.5, 0.6) is 17.4 Å². The van der Waals surface area contributed by atoms with Gasteiger partial charge >= 0.3 is 0 Å². The zero-order chi connectivity index (χ0) is 20.1. The lowest BCUT2D eigenvalue weighted by Crippen LogP contribution is -2.13. The van der Waals surface area contributed by atoms with Crippen LogP contribution in [0.4, 0.5) is 0 Å². The molecule has 1 aliphatic heterocycles. The number of benzene rings is 2. The van der Waals surface area contributed by atoms with Crippen LogP contribution in [0.1, 0.15) is 22.7 Å². The maximum absolute atomic E-state index is 9.98. The maximum Gasteiger partial charge on any atom is 0.219 e. The van der Waals surface area contributed by atoms with Gasteiger partial charge in [-0.15, -0.1) is 0 Å². The fraction of sp³-hybridized carbons (Fsp3) is 0.125. The molecule has 0 unspecified atom stereocenters. The molecule has 0 fully saturated rings. The van der Waals surface area contributed by atoms with E-state index in [9.17, 15) is 5.11 Å². The van der Waals surface area contributed by atoms with Crippen LogP contribution in [0, 0.1) is 0 Å². The third kappa shape index (κ3) is 2.76. The number of hydrogen-bond donors (Lipinski definition) is 1. The highest BCUT2D eigenvalue weighted by Crippen LogP contribution is 2.41. The van der Waals surface area contributed by atoms with Crippen LogP contribution >= 0.6 is 0 Å². The summed E-state index contributed by atoms with van der Waals surface area (Å²) >= 11 is 0. The van der Waals surface area contributed by atoms with Crippen LogP contribution < -0.4 is 4.74 Å². The van der Waals surface area contributed by atoms with Crippen molar-refractivity contribution in [2.45, 2.75) is 18.6 Å². The van der Waals surface area contributed by atoms with E-state index in [0.29, 0.717) is 23.0 Å². The van der Waals surface area contributed by atoms with Crippen LogP contribution in [-0.2, 0) is 11.2 Å².